The zero-order chi connectivity index (χ0) is 19.2. The van der Waals surface area contributed by atoms with E-state index >= 15 is 0 Å². The van der Waals surface area contributed by atoms with Crippen LogP contribution in [0.3, 0.4) is 0 Å². The maximum Gasteiger partial charge on any atom is 0.251 e. The van der Waals surface area contributed by atoms with Crippen LogP contribution in [0, 0.1) is 11.3 Å². The first-order chi connectivity index (χ1) is 12.3. The predicted octanol–water partition coefficient (Wildman–Crippen LogP) is 3.02. The molecule has 0 aromatic heterocycles. The number of carbonyl (C=O) groups excluding carboxylic acids is 1. The number of nitriles is 1. The fourth-order valence-corrected chi connectivity index (χ4v) is 3.38. The highest BCUT2D eigenvalue weighted by Crippen LogP contribution is 2.17. The first-order valence-corrected chi connectivity index (χ1v) is 9.72. The Bertz CT molecular complexity index is 904. The highest BCUT2D eigenvalue weighted by Gasteiger charge is 2.15. The molecule has 0 spiro atoms. The van der Waals surface area contributed by atoms with Crippen molar-refractivity contribution in [2.24, 2.45) is 0 Å². The van der Waals surface area contributed by atoms with Crippen LogP contribution >= 0.6 is 11.6 Å². The van der Waals surface area contributed by atoms with Gasteiger partial charge in [0.1, 0.15) is 0 Å². The lowest BCUT2D eigenvalue weighted by Crippen LogP contribution is -2.27. The number of hydrogen-bond acceptors (Lipinski definition) is 4. The number of nitrogens with one attached hydrogen (secondary N) is 2. The summed E-state index contributed by atoms with van der Waals surface area (Å²) in [5.74, 6) is -0.311. The molecule has 0 aliphatic heterocycles. The molecule has 0 fully saturated rings. The van der Waals surface area contributed by atoms with Crippen LogP contribution in [0.4, 0.5) is 0 Å². The summed E-state index contributed by atoms with van der Waals surface area (Å²) in [6.45, 7) is 1.89. The summed E-state index contributed by atoms with van der Waals surface area (Å²) < 4.78 is 26.4. The van der Waals surface area contributed by atoms with Crippen LogP contribution in [0.1, 0.15) is 35.3 Å². The molecular formula is C18H18ClN3O3S. The van der Waals surface area contributed by atoms with E-state index in [0.29, 0.717) is 10.6 Å². The Balaban J connectivity index is 2.04. The van der Waals surface area contributed by atoms with Crippen molar-refractivity contribution in [3.05, 3.63) is 64.7 Å². The molecule has 1 atom stereocenters. The maximum atomic E-state index is 12.3. The van der Waals surface area contributed by atoms with Gasteiger partial charge >= 0.3 is 0 Å². The van der Waals surface area contributed by atoms with Gasteiger partial charge in [0.05, 0.1) is 17.0 Å². The van der Waals surface area contributed by atoms with E-state index in [1.165, 1.54) is 24.3 Å². The van der Waals surface area contributed by atoms with E-state index in [1.54, 1.807) is 12.1 Å². The zero-order valence-electron chi connectivity index (χ0n) is 14.1. The van der Waals surface area contributed by atoms with Gasteiger partial charge in [0.2, 0.25) is 10.0 Å². The Morgan fingerprint density at radius 3 is 2.35 bits per heavy atom. The summed E-state index contributed by atoms with van der Waals surface area (Å²) in [4.78, 5) is 12.4. The molecule has 2 N–H and O–H groups in total. The number of halogens is 1. The average molecular weight is 392 g/mol. The van der Waals surface area contributed by atoms with Gasteiger partial charge in [0, 0.05) is 23.6 Å². The van der Waals surface area contributed by atoms with Crippen molar-refractivity contribution in [3.63, 3.8) is 0 Å². The van der Waals surface area contributed by atoms with Gasteiger partial charge in [-0.1, -0.05) is 23.7 Å². The lowest BCUT2D eigenvalue weighted by atomic mass is 10.1. The van der Waals surface area contributed by atoms with Crippen molar-refractivity contribution < 1.29 is 13.2 Å². The molecule has 0 saturated heterocycles. The van der Waals surface area contributed by atoms with E-state index in [-0.39, 0.29) is 29.8 Å². The SMILES string of the molecule is CC(NC(=O)c1ccc(S(=O)(=O)NCCC#N)cc1)c1ccc(Cl)cc1. The van der Waals surface area contributed by atoms with Gasteiger partial charge < -0.3 is 5.32 Å². The molecule has 2 rings (SSSR count). The standard InChI is InChI=1S/C18H18ClN3O3S/c1-13(14-3-7-16(19)8-4-14)22-18(23)15-5-9-17(10-6-15)26(24,25)21-12-2-11-20/h3-10,13,21H,2,12H2,1H3,(H,22,23). The maximum absolute atomic E-state index is 12.3. The molecule has 0 aliphatic carbocycles. The van der Waals surface area contributed by atoms with Crippen LogP contribution in [-0.2, 0) is 10.0 Å². The Labute approximate surface area is 157 Å². The Morgan fingerprint density at radius 1 is 1.15 bits per heavy atom. The summed E-state index contributed by atoms with van der Waals surface area (Å²) in [6.07, 6.45) is 0.0856. The minimum atomic E-state index is -3.69. The normalized spacial score (nSPS) is 12.2. The molecule has 2 aromatic carbocycles. The molecule has 0 bridgehead atoms. The lowest BCUT2D eigenvalue weighted by molar-refractivity contribution is 0.0940. The van der Waals surface area contributed by atoms with Crippen molar-refractivity contribution in [2.45, 2.75) is 24.3 Å². The average Bonchev–Trinajstić information content (AvgIpc) is 2.62. The van der Waals surface area contributed by atoms with Crippen LogP contribution in [0.5, 0.6) is 0 Å². The van der Waals surface area contributed by atoms with E-state index in [9.17, 15) is 13.2 Å². The Hall–Kier alpha value is -2.40. The molecule has 2 aromatic rings. The Morgan fingerprint density at radius 2 is 1.77 bits per heavy atom. The van der Waals surface area contributed by atoms with Crippen LogP contribution < -0.4 is 10.0 Å². The lowest BCUT2D eigenvalue weighted by Gasteiger charge is -2.14. The summed E-state index contributed by atoms with van der Waals surface area (Å²) in [7, 11) is -3.69. The van der Waals surface area contributed by atoms with Crippen LogP contribution in [-0.4, -0.2) is 20.9 Å². The molecule has 6 nitrogen and oxygen atoms in total. The van der Waals surface area contributed by atoms with Crippen molar-refractivity contribution in [3.8, 4) is 6.07 Å². The summed E-state index contributed by atoms with van der Waals surface area (Å²) in [6, 6.07) is 14.4. The number of sulfonamides is 1. The van der Waals surface area contributed by atoms with Crippen LogP contribution in [0.25, 0.3) is 0 Å². The fourth-order valence-electron chi connectivity index (χ4n) is 2.22. The van der Waals surface area contributed by atoms with Crippen LogP contribution in [0.15, 0.2) is 53.4 Å². The van der Waals surface area contributed by atoms with Crippen molar-refractivity contribution in [1.29, 1.82) is 5.26 Å². The number of amides is 1. The first-order valence-electron chi connectivity index (χ1n) is 7.86. The number of benzene rings is 2. The second-order valence-electron chi connectivity index (χ2n) is 5.58. The van der Waals surface area contributed by atoms with Crippen LogP contribution in [0.2, 0.25) is 5.02 Å². The summed E-state index contributed by atoms with van der Waals surface area (Å²) in [5.41, 5.74) is 1.26. The topological polar surface area (TPSA) is 99.1 Å². The highest BCUT2D eigenvalue weighted by atomic mass is 35.5. The van der Waals surface area contributed by atoms with Gasteiger partial charge in [-0.05, 0) is 48.9 Å². The number of hydrogen-bond donors (Lipinski definition) is 2. The third kappa shape index (κ3) is 5.30. The third-order valence-corrected chi connectivity index (χ3v) is 5.40. The first kappa shape index (κ1) is 19.9. The van der Waals surface area contributed by atoms with Crippen molar-refractivity contribution >= 4 is 27.5 Å². The van der Waals surface area contributed by atoms with E-state index in [0.717, 1.165) is 5.56 Å². The highest BCUT2D eigenvalue weighted by molar-refractivity contribution is 7.89. The smallest absolute Gasteiger partial charge is 0.251 e. The zero-order valence-corrected chi connectivity index (χ0v) is 15.6. The summed E-state index contributed by atoms with van der Waals surface area (Å²) >= 11 is 5.85. The summed E-state index contributed by atoms with van der Waals surface area (Å²) in [5, 5.41) is 11.9. The minimum absolute atomic E-state index is 0.0396. The number of rotatable bonds is 7. The van der Waals surface area contributed by atoms with Crippen molar-refractivity contribution in [2.75, 3.05) is 6.54 Å². The van der Waals surface area contributed by atoms with E-state index < -0.39 is 10.0 Å². The molecule has 26 heavy (non-hydrogen) atoms. The van der Waals surface area contributed by atoms with Gasteiger partial charge in [-0.2, -0.15) is 5.26 Å². The quantitative estimate of drug-likeness (QED) is 0.708. The molecule has 0 saturated carbocycles. The van der Waals surface area contributed by atoms with Gasteiger partial charge in [0.25, 0.3) is 5.91 Å². The molecule has 0 heterocycles. The molecular weight excluding hydrogens is 374 g/mol. The third-order valence-electron chi connectivity index (χ3n) is 3.67. The number of carbonyl (C=O) groups is 1. The second-order valence-corrected chi connectivity index (χ2v) is 7.78. The van der Waals surface area contributed by atoms with E-state index in [1.807, 2.05) is 25.1 Å². The molecule has 1 unspecified atom stereocenters. The largest absolute Gasteiger partial charge is 0.346 e. The van der Waals surface area contributed by atoms with Gasteiger partial charge in [-0.25, -0.2) is 13.1 Å². The molecule has 8 heteroatoms. The molecule has 0 aliphatic rings. The van der Waals surface area contributed by atoms with E-state index in [4.69, 9.17) is 16.9 Å². The van der Waals surface area contributed by atoms with Gasteiger partial charge in [-0.15, -0.1) is 0 Å². The molecule has 136 valence electrons. The second kappa shape index (κ2) is 8.81. The molecule has 0 radical (unpaired) electrons. The minimum Gasteiger partial charge on any atom is -0.346 e. The van der Waals surface area contributed by atoms with E-state index in [2.05, 4.69) is 10.0 Å². The Kier molecular flexibility index (Phi) is 6.75. The molecule has 1 amide bonds. The fraction of sp³-hybridized carbons (Fsp3) is 0.222. The van der Waals surface area contributed by atoms with Gasteiger partial charge in [0.15, 0.2) is 0 Å². The monoisotopic (exact) mass is 391 g/mol. The predicted molar refractivity (Wildman–Crippen MR) is 99.2 cm³/mol. The van der Waals surface area contributed by atoms with Crippen molar-refractivity contribution in [1.82, 2.24) is 10.0 Å². The number of nitrogens with zero attached hydrogens (tertiary/aromatic N) is 1. The van der Waals surface area contributed by atoms with Gasteiger partial charge in [-0.3, -0.25) is 4.79 Å².